The topological polar surface area (TPSA) is 50.7 Å². The molecule has 0 spiro atoms. The number of amidine groups is 1. The van der Waals surface area contributed by atoms with Crippen LogP contribution in [0.5, 0.6) is 5.75 Å². The largest absolute Gasteiger partial charge is 0.488 e. The van der Waals surface area contributed by atoms with Crippen LogP contribution in [0.4, 0.5) is 5.69 Å². The molecule has 0 atom stereocenters. The Labute approximate surface area is 191 Å². The summed E-state index contributed by atoms with van der Waals surface area (Å²) in [6, 6.07) is 21.2. The van der Waals surface area contributed by atoms with Crippen LogP contribution in [0.25, 0.3) is 6.08 Å². The summed E-state index contributed by atoms with van der Waals surface area (Å²) in [4.78, 5) is 17.7. The third-order valence-corrected chi connectivity index (χ3v) is 5.90. The Morgan fingerprint density at radius 2 is 1.84 bits per heavy atom. The van der Waals surface area contributed by atoms with Crippen molar-refractivity contribution in [1.29, 1.82) is 0 Å². The van der Waals surface area contributed by atoms with Crippen LogP contribution < -0.4 is 10.1 Å². The van der Waals surface area contributed by atoms with Crippen molar-refractivity contribution >= 4 is 46.2 Å². The maximum Gasteiger partial charge on any atom is 0.264 e. The molecular weight excluding hydrogens is 428 g/mol. The lowest BCUT2D eigenvalue weighted by molar-refractivity contribution is -0.115. The molecule has 3 aromatic carbocycles. The second-order valence-electron chi connectivity index (χ2n) is 7.22. The van der Waals surface area contributed by atoms with E-state index in [-0.39, 0.29) is 5.91 Å². The van der Waals surface area contributed by atoms with Gasteiger partial charge in [0.25, 0.3) is 5.91 Å². The van der Waals surface area contributed by atoms with Crippen molar-refractivity contribution in [3.8, 4) is 5.75 Å². The summed E-state index contributed by atoms with van der Waals surface area (Å²) >= 11 is 7.27. The molecule has 1 N–H and O–H groups in total. The first kappa shape index (κ1) is 21.2. The van der Waals surface area contributed by atoms with E-state index in [9.17, 15) is 4.79 Å². The van der Waals surface area contributed by atoms with E-state index < -0.39 is 0 Å². The number of thioether (sulfide) groups is 1. The standard InChI is InChI=1S/C25H21ClN2O2S/c1-16-7-12-21(17(2)13-16)27-25-28-24(29)23(31-25)14-19-5-3-4-6-22(19)30-15-18-8-10-20(26)11-9-18/h3-14H,15H2,1-2H3,(H,27,28,29)/b23-14+. The summed E-state index contributed by atoms with van der Waals surface area (Å²) in [6.07, 6.45) is 1.84. The zero-order valence-electron chi connectivity index (χ0n) is 17.2. The van der Waals surface area contributed by atoms with E-state index in [1.807, 2.05) is 80.6 Å². The number of rotatable bonds is 5. The Hall–Kier alpha value is -3.02. The third-order valence-electron chi connectivity index (χ3n) is 4.74. The highest BCUT2D eigenvalue weighted by Crippen LogP contribution is 2.31. The van der Waals surface area contributed by atoms with Gasteiger partial charge >= 0.3 is 0 Å². The molecule has 4 nitrogen and oxygen atoms in total. The van der Waals surface area contributed by atoms with Crippen LogP contribution in [0.3, 0.4) is 0 Å². The average Bonchev–Trinajstić information content (AvgIpc) is 3.09. The van der Waals surface area contributed by atoms with Crippen molar-refractivity contribution in [3.05, 3.63) is 98.9 Å². The lowest BCUT2D eigenvalue weighted by Gasteiger charge is -2.09. The Balaban J connectivity index is 1.52. The minimum atomic E-state index is -0.166. The first-order valence-corrected chi connectivity index (χ1v) is 11.0. The summed E-state index contributed by atoms with van der Waals surface area (Å²) in [6.45, 7) is 4.47. The minimum Gasteiger partial charge on any atom is -0.488 e. The first-order chi connectivity index (χ1) is 15.0. The van der Waals surface area contributed by atoms with Crippen LogP contribution in [-0.4, -0.2) is 11.1 Å². The van der Waals surface area contributed by atoms with Gasteiger partial charge in [0.2, 0.25) is 0 Å². The highest BCUT2D eigenvalue weighted by molar-refractivity contribution is 8.18. The number of hydrogen-bond acceptors (Lipinski definition) is 4. The highest BCUT2D eigenvalue weighted by atomic mass is 35.5. The Bertz CT molecular complexity index is 1190. The van der Waals surface area contributed by atoms with E-state index in [2.05, 4.69) is 16.4 Å². The van der Waals surface area contributed by atoms with Crippen molar-refractivity contribution in [3.63, 3.8) is 0 Å². The maximum atomic E-state index is 12.5. The van der Waals surface area contributed by atoms with Crippen molar-refractivity contribution in [1.82, 2.24) is 5.32 Å². The molecule has 1 aliphatic rings. The lowest BCUT2D eigenvalue weighted by atomic mass is 10.1. The molecule has 0 aliphatic carbocycles. The normalized spacial score (nSPS) is 16.0. The van der Waals surface area contributed by atoms with Crippen LogP contribution in [0, 0.1) is 13.8 Å². The summed E-state index contributed by atoms with van der Waals surface area (Å²) in [5, 5.41) is 4.11. The number of aliphatic imine (C=N–C) groups is 1. The smallest absolute Gasteiger partial charge is 0.264 e. The Kier molecular flexibility index (Phi) is 6.44. The number of nitrogens with zero attached hydrogens (tertiary/aromatic N) is 1. The SMILES string of the molecule is Cc1ccc(N=C2NC(=O)/C(=C\c3ccccc3OCc3ccc(Cl)cc3)S2)c(C)c1. The molecule has 3 aromatic rings. The van der Waals surface area contributed by atoms with Gasteiger partial charge in [0, 0.05) is 10.6 Å². The van der Waals surface area contributed by atoms with Crippen LogP contribution >= 0.6 is 23.4 Å². The zero-order valence-corrected chi connectivity index (χ0v) is 18.8. The van der Waals surface area contributed by atoms with Crippen molar-refractivity contribution < 1.29 is 9.53 Å². The number of para-hydroxylation sites is 1. The quantitative estimate of drug-likeness (QED) is 0.457. The highest BCUT2D eigenvalue weighted by Gasteiger charge is 2.24. The van der Waals surface area contributed by atoms with Crippen molar-refractivity contribution in [2.75, 3.05) is 0 Å². The first-order valence-electron chi connectivity index (χ1n) is 9.81. The molecule has 31 heavy (non-hydrogen) atoms. The number of benzene rings is 3. The number of halogens is 1. The molecule has 1 aliphatic heterocycles. The van der Waals surface area contributed by atoms with Crippen LogP contribution in [0.2, 0.25) is 5.02 Å². The third kappa shape index (κ3) is 5.37. The summed E-state index contributed by atoms with van der Waals surface area (Å²) < 4.78 is 6.00. The van der Waals surface area contributed by atoms with Gasteiger partial charge in [-0.25, -0.2) is 4.99 Å². The number of amides is 1. The zero-order chi connectivity index (χ0) is 21.8. The molecule has 156 valence electrons. The van der Waals surface area contributed by atoms with E-state index in [1.165, 1.54) is 17.3 Å². The van der Waals surface area contributed by atoms with Gasteiger partial charge < -0.3 is 10.1 Å². The van der Waals surface area contributed by atoms with Crippen molar-refractivity contribution in [2.24, 2.45) is 4.99 Å². The number of nitrogens with one attached hydrogen (secondary N) is 1. The monoisotopic (exact) mass is 448 g/mol. The molecule has 1 heterocycles. The van der Waals surface area contributed by atoms with E-state index >= 15 is 0 Å². The van der Waals surface area contributed by atoms with Gasteiger partial charge in [0.15, 0.2) is 5.17 Å². The molecule has 0 radical (unpaired) electrons. The molecule has 6 heteroatoms. The number of hydrogen-bond donors (Lipinski definition) is 1. The molecule has 1 amide bonds. The number of aryl methyl sites for hydroxylation is 2. The Morgan fingerprint density at radius 1 is 1.06 bits per heavy atom. The van der Waals surface area contributed by atoms with Gasteiger partial charge in [0.05, 0.1) is 10.6 Å². The minimum absolute atomic E-state index is 0.166. The molecule has 0 saturated carbocycles. The molecule has 4 rings (SSSR count). The van der Waals surface area contributed by atoms with E-state index in [0.29, 0.717) is 27.5 Å². The molecule has 1 saturated heterocycles. The second-order valence-corrected chi connectivity index (χ2v) is 8.69. The van der Waals surface area contributed by atoms with Gasteiger partial charge in [-0.2, -0.15) is 0 Å². The fraction of sp³-hybridized carbons (Fsp3) is 0.120. The lowest BCUT2D eigenvalue weighted by Crippen LogP contribution is -2.19. The number of ether oxygens (including phenoxy) is 1. The summed E-state index contributed by atoms with van der Waals surface area (Å²) in [5.41, 5.74) is 4.95. The fourth-order valence-corrected chi connectivity index (χ4v) is 4.09. The van der Waals surface area contributed by atoms with Gasteiger partial charge in [-0.05, 0) is 67.1 Å². The summed E-state index contributed by atoms with van der Waals surface area (Å²) in [5.74, 6) is 0.541. The average molecular weight is 449 g/mol. The number of carbonyl (C=O) groups excluding carboxylic acids is 1. The van der Waals surface area contributed by atoms with Crippen LogP contribution in [0.15, 0.2) is 76.6 Å². The van der Waals surface area contributed by atoms with E-state index in [0.717, 1.165) is 22.4 Å². The molecular formula is C25H21ClN2O2S. The van der Waals surface area contributed by atoms with Crippen LogP contribution in [-0.2, 0) is 11.4 Å². The van der Waals surface area contributed by atoms with E-state index in [1.54, 1.807) is 0 Å². The predicted molar refractivity (Wildman–Crippen MR) is 129 cm³/mol. The van der Waals surface area contributed by atoms with Gasteiger partial charge in [-0.15, -0.1) is 0 Å². The van der Waals surface area contributed by atoms with Gasteiger partial charge in [-0.3, -0.25) is 4.79 Å². The molecule has 0 bridgehead atoms. The second kappa shape index (κ2) is 9.41. The van der Waals surface area contributed by atoms with Crippen LogP contribution in [0.1, 0.15) is 22.3 Å². The fourth-order valence-electron chi connectivity index (χ4n) is 3.13. The predicted octanol–water partition coefficient (Wildman–Crippen LogP) is 6.43. The number of carbonyl (C=O) groups is 1. The molecule has 0 aromatic heterocycles. The van der Waals surface area contributed by atoms with Crippen molar-refractivity contribution in [2.45, 2.75) is 20.5 Å². The maximum absolute atomic E-state index is 12.5. The Morgan fingerprint density at radius 3 is 2.61 bits per heavy atom. The van der Waals surface area contributed by atoms with Gasteiger partial charge in [-0.1, -0.05) is 59.6 Å². The molecule has 0 unspecified atom stereocenters. The van der Waals surface area contributed by atoms with E-state index in [4.69, 9.17) is 16.3 Å². The summed E-state index contributed by atoms with van der Waals surface area (Å²) in [7, 11) is 0. The molecule has 1 fully saturated rings. The van der Waals surface area contributed by atoms with Gasteiger partial charge in [0.1, 0.15) is 12.4 Å².